The van der Waals surface area contributed by atoms with E-state index in [4.69, 9.17) is 9.72 Å². The SMILES string of the molecule is COc1cc(-c2nc3n(n2)CCCC3c2cccc(C(F)(F)F)c2)ccc1-c1ccnc(C)c1. The van der Waals surface area contributed by atoms with Crippen molar-refractivity contribution in [3.63, 3.8) is 0 Å². The number of fused-ring (bicyclic) bond motifs is 1. The minimum atomic E-state index is -4.38. The zero-order chi connectivity index (χ0) is 23.9. The lowest BCUT2D eigenvalue weighted by Crippen LogP contribution is -2.18. The van der Waals surface area contributed by atoms with Crippen molar-refractivity contribution in [2.45, 2.75) is 38.4 Å². The Morgan fingerprint density at radius 1 is 1.03 bits per heavy atom. The Hall–Kier alpha value is -3.68. The molecule has 0 spiro atoms. The number of hydrogen-bond donors (Lipinski definition) is 0. The number of hydrogen-bond acceptors (Lipinski definition) is 4. The highest BCUT2D eigenvalue weighted by Gasteiger charge is 2.32. The molecule has 1 aliphatic heterocycles. The number of rotatable bonds is 4. The normalized spacial score (nSPS) is 15.7. The number of benzene rings is 2. The van der Waals surface area contributed by atoms with E-state index < -0.39 is 11.7 Å². The van der Waals surface area contributed by atoms with Crippen LogP contribution in [0.3, 0.4) is 0 Å². The van der Waals surface area contributed by atoms with Crippen LogP contribution in [0.1, 0.15) is 41.4 Å². The molecule has 2 aromatic heterocycles. The van der Waals surface area contributed by atoms with Crippen molar-refractivity contribution >= 4 is 0 Å². The van der Waals surface area contributed by atoms with E-state index in [9.17, 15) is 13.2 Å². The smallest absolute Gasteiger partial charge is 0.416 e. The molecule has 0 saturated carbocycles. The standard InChI is InChI=1S/C26H23F3N4O/c1-16-13-18(10-11-30-16)21-9-8-19(15-23(21)34-2)24-31-25-22(7-4-12-33(25)32-24)17-5-3-6-20(14-17)26(27,28)29/h3,5-6,8-11,13-15,22H,4,7,12H2,1-2H3. The van der Waals surface area contributed by atoms with Gasteiger partial charge in [-0.05, 0) is 61.2 Å². The van der Waals surface area contributed by atoms with E-state index >= 15 is 0 Å². The second-order valence-electron chi connectivity index (χ2n) is 8.44. The van der Waals surface area contributed by atoms with Gasteiger partial charge in [0, 0.05) is 35.5 Å². The first-order valence-electron chi connectivity index (χ1n) is 11.1. The molecule has 4 aromatic rings. The lowest BCUT2D eigenvalue weighted by atomic mass is 9.90. The molecule has 5 rings (SSSR count). The molecule has 34 heavy (non-hydrogen) atoms. The Bertz CT molecular complexity index is 1350. The van der Waals surface area contributed by atoms with Crippen LogP contribution in [0.2, 0.25) is 0 Å². The summed E-state index contributed by atoms with van der Waals surface area (Å²) in [5, 5.41) is 4.68. The lowest BCUT2D eigenvalue weighted by molar-refractivity contribution is -0.137. The van der Waals surface area contributed by atoms with Crippen molar-refractivity contribution in [3.05, 3.63) is 83.4 Å². The van der Waals surface area contributed by atoms with Gasteiger partial charge in [-0.25, -0.2) is 9.67 Å². The monoisotopic (exact) mass is 464 g/mol. The molecule has 1 aliphatic rings. The Kier molecular flexibility index (Phi) is 5.59. The third-order valence-electron chi connectivity index (χ3n) is 6.16. The first-order valence-corrected chi connectivity index (χ1v) is 11.1. The molecule has 174 valence electrons. The van der Waals surface area contributed by atoms with E-state index in [2.05, 4.69) is 10.1 Å². The molecule has 3 heterocycles. The van der Waals surface area contributed by atoms with E-state index in [0.29, 0.717) is 29.5 Å². The van der Waals surface area contributed by atoms with Gasteiger partial charge >= 0.3 is 6.18 Å². The van der Waals surface area contributed by atoms with Crippen LogP contribution in [0.15, 0.2) is 60.8 Å². The fourth-order valence-corrected chi connectivity index (χ4v) is 4.50. The number of alkyl halides is 3. The minimum Gasteiger partial charge on any atom is -0.496 e. The molecular weight excluding hydrogens is 441 g/mol. The van der Waals surface area contributed by atoms with Gasteiger partial charge in [0.05, 0.1) is 12.7 Å². The molecule has 1 atom stereocenters. The molecular formula is C26H23F3N4O. The van der Waals surface area contributed by atoms with Gasteiger partial charge in [-0.2, -0.15) is 18.3 Å². The van der Waals surface area contributed by atoms with Crippen LogP contribution in [0, 0.1) is 6.92 Å². The zero-order valence-corrected chi connectivity index (χ0v) is 18.8. The van der Waals surface area contributed by atoms with Crippen molar-refractivity contribution < 1.29 is 17.9 Å². The maximum Gasteiger partial charge on any atom is 0.416 e. The summed E-state index contributed by atoms with van der Waals surface area (Å²) in [7, 11) is 1.62. The summed E-state index contributed by atoms with van der Waals surface area (Å²) in [6.07, 6.45) is -1.07. The van der Waals surface area contributed by atoms with Crippen molar-refractivity contribution in [1.29, 1.82) is 0 Å². The molecule has 0 N–H and O–H groups in total. The molecule has 2 aromatic carbocycles. The van der Waals surface area contributed by atoms with E-state index in [1.54, 1.807) is 19.4 Å². The van der Waals surface area contributed by atoms with E-state index in [0.717, 1.165) is 41.3 Å². The maximum atomic E-state index is 13.3. The Morgan fingerprint density at radius 3 is 2.65 bits per heavy atom. The Balaban J connectivity index is 1.51. The Labute approximate surface area is 195 Å². The van der Waals surface area contributed by atoms with Crippen LogP contribution < -0.4 is 4.74 Å². The maximum absolute atomic E-state index is 13.3. The predicted molar refractivity (Wildman–Crippen MR) is 122 cm³/mol. The average Bonchev–Trinajstić information content (AvgIpc) is 3.28. The molecule has 0 amide bonds. The molecule has 0 bridgehead atoms. The first-order chi connectivity index (χ1) is 16.3. The zero-order valence-electron chi connectivity index (χ0n) is 18.8. The van der Waals surface area contributed by atoms with Crippen LogP contribution >= 0.6 is 0 Å². The van der Waals surface area contributed by atoms with E-state index in [1.165, 1.54) is 12.1 Å². The highest BCUT2D eigenvalue weighted by molar-refractivity contribution is 5.74. The molecule has 0 aliphatic carbocycles. The largest absolute Gasteiger partial charge is 0.496 e. The van der Waals surface area contributed by atoms with Gasteiger partial charge in [0.2, 0.25) is 0 Å². The van der Waals surface area contributed by atoms with Gasteiger partial charge in [0.1, 0.15) is 11.6 Å². The molecule has 0 radical (unpaired) electrons. The average molecular weight is 464 g/mol. The van der Waals surface area contributed by atoms with Crippen molar-refractivity contribution in [2.24, 2.45) is 0 Å². The third kappa shape index (κ3) is 4.16. The summed E-state index contributed by atoms with van der Waals surface area (Å²) < 4.78 is 47.2. The molecule has 0 saturated heterocycles. The number of aromatic nitrogens is 4. The fraction of sp³-hybridized carbons (Fsp3) is 0.269. The van der Waals surface area contributed by atoms with Crippen molar-refractivity contribution in [1.82, 2.24) is 19.7 Å². The van der Waals surface area contributed by atoms with Crippen LogP contribution in [-0.4, -0.2) is 26.9 Å². The highest BCUT2D eigenvalue weighted by Crippen LogP contribution is 2.38. The summed E-state index contributed by atoms with van der Waals surface area (Å²) in [4.78, 5) is 9.02. The summed E-state index contributed by atoms with van der Waals surface area (Å²) in [6.45, 7) is 2.62. The molecule has 0 fully saturated rings. The number of nitrogens with zero attached hydrogens (tertiary/aromatic N) is 4. The molecule has 5 nitrogen and oxygen atoms in total. The summed E-state index contributed by atoms with van der Waals surface area (Å²) in [5.41, 5.74) is 3.59. The van der Waals surface area contributed by atoms with Gasteiger partial charge in [0.25, 0.3) is 0 Å². The lowest BCUT2D eigenvalue weighted by Gasteiger charge is -2.23. The van der Waals surface area contributed by atoms with Gasteiger partial charge in [-0.3, -0.25) is 4.98 Å². The third-order valence-corrected chi connectivity index (χ3v) is 6.16. The second-order valence-corrected chi connectivity index (χ2v) is 8.44. The molecule has 1 unspecified atom stereocenters. The van der Waals surface area contributed by atoms with Crippen molar-refractivity contribution in [3.8, 4) is 28.3 Å². The minimum absolute atomic E-state index is 0.238. The Morgan fingerprint density at radius 2 is 1.88 bits per heavy atom. The van der Waals surface area contributed by atoms with Gasteiger partial charge < -0.3 is 4.74 Å². The topological polar surface area (TPSA) is 52.8 Å². The van der Waals surface area contributed by atoms with Gasteiger partial charge in [-0.1, -0.05) is 24.3 Å². The van der Waals surface area contributed by atoms with Gasteiger partial charge in [0.15, 0.2) is 5.82 Å². The predicted octanol–water partition coefficient (Wildman–Crippen LogP) is 6.27. The number of halogens is 3. The number of pyridine rings is 1. The van der Waals surface area contributed by atoms with E-state index in [1.807, 2.05) is 41.9 Å². The first kappa shape index (κ1) is 22.1. The van der Waals surface area contributed by atoms with Crippen LogP contribution in [0.5, 0.6) is 5.75 Å². The quantitative estimate of drug-likeness (QED) is 0.357. The summed E-state index contributed by atoms with van der Waals surface area (Å²) in [5.74, 6) is 1.67. The summed E-state index contributed by atoms with van der Waals surface area (Å²) in [6, 6.07) is 15.2. The van der Waals surface area contributed by atoms with E-state index in [-0.39, 0.29) is 5.92 Å². The van der Waals surface area contributed by atoms with Crippen molar-refractivity contribution in [2.75, 3.05) is 7.11 Å². The van der Waals surface area contributed by atoms with Crippen LogP contribution in [-0.2, 0) is 12.7 Å². The number of ether oxygens (including phenoxy) is 1. The van der Waals surface area contributed by atoms with Crippen LogP contribution in [0.25, 0.3) is 22.5 Å². The van der Waals surface area contributed by atoms with Crippen LogP contribution in [0.4, 0.5) is 13.2 Å². The fourth-order valence-electron chi connectivity index (χ4n) is 4.50. The second kappa shape index (κ2) is 8.59. The summed E-state index contributed by atoms with van der Waals surface area (Å²) >= 11 is 0. The number of aryl methyl sites for hydroxylation is 2. The van der Waals surface area contributed by atoms with Gasteiger partial charge in [-0.15, -0.1) is 0 Å². The number of methoxy groups -OCH3 is 1. The highest BCUT2D eigenvalue weighted by atomic mass is 19.4. The molecule has 8 heteroatoms.